The lowest BCUT2D eigenvalue weighted by Gasteiger charge is -2.07. The van der Waals surface area contributed by atoms with Crippen molar-refractivity contribution in [1.82, 2.24) is 0 Å². The largest absolute Gasteiger partial charge is 0.312 e. The normalized spacial score (nSPS) is 13.1. The van der Waals surface area contributed by atoms with Gasteiger partial charge in [0, 0.05) is 0 Å². The molecule has 2 aromatic carbocycles. The lowest BCUT2D eigenvalue weighted by atomic mass is 10.0. The molecular formula is C11H10ClN. The van der Waals surface area contributed by atoms with Gasteiger partial charge in [-0.05, 0) is 16.3 Å². The molecule has 0 saturated heterocycles. The summed E-state index contributed by atoms with van der Waals surface area (Å²) in [5.74, 6) is 0. The van der Waals surface area contributed by atoms with Crippen molar-refractivity contribution in [2.45, 2.75) is 5.50 Å². The van der Waals surface area contributed by atoms with Gasteiger partial charge < -0.3 is 5.73 Å². The smallest absolute Gasteiger partial charge is 0.106 e. The van der Waals surface area contributed by atoms with E-state index in [0.29, 0.717) is 0 Å². The Balaban J connectivity index is 2.76. The first-order valence-electron chi connectivity index (χ1n) is 4.16. The fourth-order valence-electron chi connectivity index (χ4n) is 1.49. The van der Waals surface area contributed by atoms with Crippen molar-refractivity contribution < 1.29 is 0 Å². The quantitative estimate of drug-likeness (QED) is 0.544. The number of benzene rings is 2. The van der Waals surface area contributed by atoms with Crippen LogP contribution in [0.2, 0.25) is 0 Å². The predicted octanol–water partition coefficient (Wildman–Crippen LogP) is 3.04. The second-order valence-electron chi connectivity index (χ2n) is 2.97. The lowest BCUT2D eigenvalue weighted by Crippen LogP contribution is -2.02. The van der Waals surface area contributed by atoms with Crippen molar-refractivity contribution in [1.29, 1.82) is 0 Å². The van der Waals surface area contributed by atoms with Crippen LogP contribution in [0.15, 0.2) is 42.5 Å². The van der Waals surface area contributed by atoms with E-state index in [4.69, 9.17) is 17.3 Å². The molecule has 1 nitrogen and oxygen atoms in total. The number of hydrogen-bond acceptors (Lipinski definition) is 1. The maximum Gasteiger partial charge on any atom is 0.106 e. The second kappa shape index (κ2) is 3.36. The fourth-order valence-corrected chi connectivity index (χ4v) is 1.68. The molecule has 0 fully saturated rings. The van der Waals surface area contributed by atoms with Crippen LogP contribution >= 0.6 is 11.6 Å². The van der Waals surface area contributed by atoms with E-state index in [-0.39, 0.29) is 0 Å². The van der Waals surface area contributed by atoms with E-state index < -0.39 is 5.50 Å². The highest BCUT2D eigenvalue weighted by molar-refractivity contribution is 6.21. The minimum atomic E-state index is -0.425. The molecule has 0 heterocycles. The first kappa shape index (κ1) is 8.54. The highest BCUT2D eigenvalue weighted by atomic mass is 35.5. The van der Waals surface area contributed by atoms with Gasteiger partial charge in [-0.2, -0.15) is 0 Å². The van der Waals surface area contributed by atoms with Crippen LogP contribution in [0.5, 0.6) is 0 Å². The summed E-state index contributed by atoms with van der Waals surface area (Å²) in [6.45, 7) is 0. The Bertz CT molecular complexity index is 418. The van der Waals surface area contributed by atoms with E-state index in [1.54, 1.807) is 0 Å². The standard InChI is InChI=1S/C11H10ClN/c12-11(13)10-7-3-5-8-4-1-2-6-9(8)10/h1-7,11H,13H2. The van der Waals surface area contributed by atoms with Crippen LogP contribution in [0.25, 0.3) is 10.8 Å². The van der Waals surface area contributed by atoms with E-state index in [1.807, 2.05) is 30.3 Å². The molecule has 2 aromatic rings. The van der Waals surface area contributed by atoms with Crippen LogP contribution in [0, 0.1) is 0 Å². The maximum atomic E-state index is 5.86. The van der Waals surface area contributed by atoms with Crippen LogP contribution in [0.3, 0.4) is 0 Å². The van der Waals surface area contributed by atoms with Crippen LogP contribution in [-0.2, 0) is 0 Å². The van der Waals surface area contributed by atoms with Gasteiger partial charge in [0.25, 0.3) is 0 Å². The number of hydrogen-bond donors (Lipinski definition) is 1. The molecule has 2 rings (SSSR count). The van der Waals surface area contributed by atoms with Crippen molar-refractivity contribution in [3.63, 3.8) is 0 Å². The van der Waals surface area contributed by atoms with Gasteiger partial charge in [-0.3, -0.25) is 0 Å². The van der Waals surface area contributed by atoms with Crippen molar-refractivity contribution in [2.24, 2.45) is 5.73 Å². The molecular weight excluding hydrogens is 182 g/mol. The summed E-state index contributed by atoms with van der Waals surface area (Å²) in [6.07, 6.45) is 0. The summed E-state index contributed by atoms with van der Waals surface area (Å²) in [4.78, 5) is 0. The Kier molecular flexibility index (Phi) is 2.21. The van der Waals surface area contributed by atoms with Crippen LogP contribution in [0.1, 0.15) is 11.1 Å². The third-order valence-electron chi connectivity index (χ3n) is 2.12. The summed E-state index contributed by atoms with van der Waals surface area (Å²) in [7, 11) is 0. The number of halogens is 1. The van der Waals surface area contributed by atoms with Gasteiger partial charge >= 0.3 is 0 Å². The zero-order valence-electron chi connectivity index (χ0n) is 7.07. The maximum absolute atomic E-state index is 5.86. The van der Waals surface area contributed by atoms with Gasteiger partial charge in [0.15, 0.2) is 0 Å². The molecule has 2 heteroatoms. The molecule has 1 atom stereocenters. The van der Waals surface area contributed by atoms with E-state index in [0.717, 1.165) is 10.9 Å². The monoisotopic (exact) mass is 191 g/mol. The summed E-state index contributed by atoms with van der Waals surface area (Å²) in [5.41, 5.74) is 6.21. The Labute approximate surface area is 82.1 Å². The first-order chi connectivity index (χ1) is 6.29. The SMILES string of the molecule is NC(Cl)c1cccc2ccccc12. The van der Waals surface area contributed by atoms with Gasteiger partial charge in [-0.1, -0.05) is 42.5 Å². The number of alkyl halides is 1. The highest BCUT2D eigenvalue weighted by Crippen LogP contribution is 2.24. The molecule has 0 spiro atoms. The molecule has 0 aliphatic rings. The van der Waals surface area contributed by atoms with Crippen molar-refractivity contribution >= 4 is 22.4 Å². The van der Waals surface area contributed by atoms with Crippen molar-refractivity contribution in [2.75, 3.05) is 0 Å². The van der Waals surface area contributed by atoms with Gasteiger partial charge in [0.1, 0.15) is 5.50 Å². The van der Waals surface area contributed by atoms with Crippen LogP contribution in [-0.4, -0.2) is 0 Å². The average Bonchev–Trinajstić information content (AvgIpc) is 2.17. The van der Waals surface area contributed by atoms with Crippen molar-refractivity contribution in [3.8, 4) is 0 Å². The topological polar surface area (TPSA) is 26.0 Å². The predicted molar refractivity (Wildman–Crippen MR) is 56.7 cm³/mol. The highest BCUT2D eigenvalue weighted by Gasteiger charge is 2.04. The molecule has 0 aromatic heterocycles. The van der Waals surface area contributed by atoms with E-state index in [9.17, 15) is 0 Å². The van der Waals surface area contributed by atoms with E-state index >= 15 is 0 Å². The lowest BCUT2D eigenvalue weighted by molar-refractivity contribution is 1.03. The van der Waals surface area contributed by atoms with Gasteiger partial charge in [-0.25, -0.2) is 0 Å². The number of nitrogens with two attached hydrogens (primary N) is 1. The molecule has 13 heavy (non-hydrogen) atoms. The van der Waals surface area contributed by atoms with E-state index in [1.165, 1.54) is 5.39 Å². The summed E-state index contributed by atoms with van der Waals surface area (Å²) < 4.78 is 0. The summed E-state index contributed by atoms with van der Waals surface area (Å²) >= 11 is 5.86. The zero-order chi connectivity index (χ0) is 9.26. The van der Waals surface area contributed by atoms with E-state index in [2.05, 4.69) is 12.1 Å². The minimum absolute atomic E-state index is 0.425. The second-order valence-corrected chi connectivity index (χ2v) is 3.44. The summed E-state index contributed by atoms with van der Waals surface area (Å²) in [6, 6.07) is 14.1. The summed E-state index contributed by atoms with van der Waals surface area (Å²) in [5, 5.41) is 2.31. The van der Waals surface area contributed by atoms with Gasteiger partial charge in [0.05, 0.1) is 0 Å². The average molecular weight is 192 g/mol. The number of fused-ring (bicyclic) bond motifs is 1. The van der Waals surface area contributed by atoms with Crippen LogP contribution < -0.4 is 5.73 Å². The van der Waals surface area contributed by atoms with Crippen LogP contribution in [0.4, 0.5) is 0 Å². The molecule has 0 bridgehead atoms. The molecule has 0 saturated carbocycles. The molecule has 2 N–H and O–H groups in total. The van der Waals surface area contributed by atoms with Gasteiger partial charge in [0.2, 0.25) is 0 Å². The Morgan fingerprint density at radius 3 is 2.46 bits per heavy atom. The minimum Gasteiger partial charge on any atom is -0.312 e. The third-order valence-corrected chi connectivity index (χ3v) is 2.36. The molecule has 1 unspecified atom stereocenters. The Morgan fingerprint density at radius 1 is 1.00 bits per heavy atom. The molecule has 66 valence electrons. The Hall–Kier alpha value is -1.05. The van der Waals surface area contributed by atoms with Crippen molar-refractivity contribution in [3.05, 3.63) is 48.0 Å². The number of rotatable bonds is 1. The molecule has 0 aliphatic heterocycles. The Morgan fingerprint density at radius 2 is 1.69 bits per heavy atom. The molecule has 0 amide bonds. The first-order valence-corrected chi connectivity index (χ1v) is 4.60. The molecule has 0 radical (unpaired) electrons. The zero-order valence-corrected chi connectivity index (χ0v) is 7.83. The van der Waals surface area contributed by atoms with Gasteiger partial charge in [-0.15, -0.1) is 11.6 Å². The molecule has 0 aliphatic carbocycles. The fraction of sp³-hybridized carbons (Fsp3) is 0.0909. The third kappa shape index (κ3) is 1.53.